The van der Waals surface area contributed by atoms with Gasteiger partial charge in [0, 0.05) is 31.1 Å². The van der Waals surface area contributed by atoms with Gasteiger partial charge in [0.25, 0.3) is 0 Å². The first kappa shape index (κ1) is 20.0. The summed E-state index contributed by atoms with van der Waals surface area (Å²) in [7, 11) is 0. The van der Waals surface area contributed by atoms with Crippen molar-refractivity contribution in [1.82, 2.24) is 29.8 Å². The van der Waals surface area contributed by atoms with Gasteiger partial charge in [-0.3, -0.25) is 4.90 Å². The molecule has 2 N–H and O–H groups in total. The Morgan fingerprint density at radius 3 is 2.97 bits per heavy atom. The van der Waals surface area contributed by atoms with E-state index in [4.69, 9.17) is 10.2 Å². The molecule has 8 nitrogen and oxygen atoms in total. The highest BCUT2D eigenvalue weighted by Gasteiger charge is 2.27. The summed E-state index contributed by atoms with van der Waals surface area (Å²) in [6.07, 6.45) is 10.9. The lowest BCUT2D eigenvalue weighted by Gasteiger charge is -2.23. The van der Waals surface area contributed by atoms with Crippen molar-refractivity contribution in [3.63, 3.8) is 0 Å². The number of imidazole rings is 1. The van der Waals surface area contributed by atoms with E-state index in [9.17, 15) is 0 Å². The minimum Gasteiger partial charge on any atom is -0.345 e. The number of pyridine rings is 1. The molecule has 1 saturated heterocycles. The van der Waals surface area contributed by atoms with E-state index in [0.717, 1.165) is 61.7 Å². The summed E-state index contributed by atoms with van der Waals surface area (Å²) in [5.74, 6) is 1.61. The number of unbranched alkanes of at least 4 members (excludes halogenated alkanes) is 1. The number of aromatic amines is 1. The Bertz CT molecular complexity index is 1000. The van der Waals surface area contributed by atoms with Crippen molar-refractivity contribution in [2.45, 2.75) is 51.6 Å². The van der Waals surface area contributed by atoms with E-state index in [0.29, 0.717) is 11.6 Å². The Labute approximate surface area is 176 Å². The highest BCUT2D eigenvalue weighted by Crippen LogP contribution is 2.32. The van der Waals surface area contributed by atoms with Gasteiger partial charge < -0.3 is 10.3 Å². The van der Waals surface area contributed by atoms with E-state index in [1.54, 1.807) is 24.5 Å². The van der Waals surface area contributed by atoms with Gasteiger partial charge >= 0.3 is 0 Å². The average Bonchev–Trinajstić information content (AvgIpc) is 3.43. The van der Waals surface area contributed by atoms with E-state index in [1.165, 1.54) is 6.42 Å². The van der Waals surface area contributed by atoms with E-state index in [1.807, 2.05) is 18.3 Å². The van der Waals surface area contributed by atoms with Crippen molar-refractivity contribution in [2.24, 2.45) is 0 Å². The van der Waals surface area contributed by atoms with Crippen LogP contribution in [0.2, 0.25) is 0 Å². The van der Waals surface area contributed by atoms with Crippen molar-refractivity contribution in [3.05, 3.63) is 59.7 Å². The average molecular weight is 403 g/mol. The smallest absolute Gasteiger partial charge is 0.227 e. The van der Waals surface area contributed by atoms with Crippen LogP contribution in [0.3, 0.4) is 0 Å². The van der Waals surface area contributed by atoms with Gasteiger partial charge in [-0.25, -0.2) is 19.9 Å². The molecular weight excluding hydrogens is 376 g/mol. The first-order valence-corrected chi connectivity index (χ1v) is 10.5. The molecule has 0 aromatic carbocycles. The molecule has 4 rings (SSSR count). The Kier molecular flexibility index (Phi) is 6.30. The third-order valence-electron chi connectivity index (χ3n) is 5.34. The van der Waals surface area contributed by atoms with Gasteiger partial charge in [-0.1, -0.05) is 13.3 Å². The number of H-pyrrole nitrogens is 1. The molecule has 0 radical (unpaired) electrons. The molecule has 1 unspecified atom stereocenters. The number of rotatable bonds is 8. The number of nitrogens with zero attached hydrogens (tertiary/aromatic N) is 6. The molecule has 1 atom stereocenters. The lowest BCUT2D eigenvalue weighted by atomic mass is 10.1. The Balaban J connectivity index is 1.44. The number of likely N-dealkylation sites (tertiary alicyclic amines) is 1. The zero-order valence-electron chi connectivity index (χ0n) is 17.2. The van der Waals surface area contributed by atoms with Gasteiger partial charge in [-0.15, -0.1) is 0 Å². The van der Waals surface area contributed by atoms with E-state index < -0.39 is 0 Å². The van der Waals surface area contributed by atoms with Crippen LogP contribution in [0.4, 0.5) is 11.6 Å². The number of aromatic nitrogens is 5. The third-order valence-corrected chi connectivity index (χ3v) is 5.34. The molecule has 4 heterocycles. The van der Waals surface area contributed by atoms with E-state index >= 15 is 0 Å². The second-order valence-corrected chi connectivity index (χ2v) is 7.56. The molecule has 30 heavy (non-hydrogen) atoms. The van der Waals surface area contributed by atoms with Gasteiger partial charge in [0.1, 0.15) is 17.6 Å². The highest BCUT2D eigenvalue weighted by molar-refractivity contribution is 5.52. The Hall–Kier alpha value is -3.31. The fraction of sp³-hybridized carbons (Fsp3) is 0.409. The molecule has 0 spiro atoms. The highest BCUT2D eigenvalue weighted by atomic mass is 15.2. The third kappa shape index (κ3) is 4.81. The number of anilines is 2. The van der Waals surface area contributed by atoms with Crippen molar-refractivity contribution in [2.75, 3.05) is 11.9 Å². The second-order valence-electron chi connectivity index (χ2n) is 7.56. The fourth-order valence-electron chi connectivity index (χ4n) is 3.81. The summed E-state index contributed by atoms with van der Waals surface area (Å²) in [6.45, 7) is 4.08. The molecule has 1 aliphatic rings. The molecule has 8 heteroatoms. The SMILES string of the molecule is CCCCc1ncc(CN2CCCC2c2ccnc(Nc3ccc(C#N)nc3)n2)[nH]1. The summed E-state index contributed by atoms with van der Waals surface area (Å²) in [5.41, 5.74) is 3.31. The van der Waals surface area contributed by atoms with E-state index in [2.05, 4.69) is 37.1 Å². The summed E-state index contributed by atoms with van der Waals surface area (Å²) < 4.78 is 0. The number of nitriles is 1. The van der Waals surface area contributed by atoms with Gasteiger partial charge in [0.05, 0.1) is 23.6 Å². The predicted molar refractivity (Wildman–Crippen MR) is 114 cm³/mol. The van der Waals surface area contributed by atoms with Crippen molar-refractivity contribution in [3.8, 4) is 6.07 Å². The summed E-state index contributed by atoms with van der Waals surface area (Å²) in [6, 6.07) is 7.74. The van der Waals surface area contributed by atoms with Crippen LogP contribution in [0.1, 0.15) is 61.6 Å². The largest absolute Gasteiger partial charge is 0.345 e. The molecule has 154 valence electrons. The molecule has 0 amide bonds. The van der Waals surface area contributed by atoms with Crippen molar-refractivity contribution in [1.29, 1.82) is 5.26 Å². The van der Waals surface area contributed by atoms with Crippen molar-refractivity contribution >= 4 is 11.6 Å². The maximum absolute atomic E-state index is 8.88. The normalized spacial score (nSPS) is 16.5. The van der Waals surface area contributed by atoms with Crippen LogP contribution in [0, 0.1) is 11.3 Å². The van der Waals surface area contributed by atoms with Crippen LogP contribution >= 0.6 is 0 Å². The molecule has 0 saturated carbocycles. The zero-order valence-corrected chi connectivity index (χ0v) is 17.2. The van der Waals surface area contributed by atoms with Crippen LogP contribution in [0.15, 0.2) is 36.8 Å². The van der Waals surface area contributed by atoms with Crippen LogP contribution in [0.25, 0.3) is 0 Å². The maximum Gasteiger partial charge on any atom is 0.227 e. The van der Waals surface area contributed by atoms with Gasteiger partial charge in [-0.05, 0) is 44.0 Å². The Morgan fingerprint density at radius 1 is 1.23 bits per heavy atom. The molecule has 1 aliphatic heterocycles. The van der Waals surface area contributed by atoms with Crippen LogP contribution in [-0.4, -0.2) is 36.4 Å². The first-order valence-electron chi connectivity index (χ1n) is 10.5. The Morgan fingerprint density at radius 2 is 2.17 bits per heavy atom. The van der Waals surface area contributed by atoms with Crippen LogP contribution in [0.5, 0.6) is 0 Å². The fourth-order valence-corrected chi connectivity index (χ4v) is 3.81. The molecule has 0 bridgehead atoms. The number of nitrogens with one attached hydrogen (secondary N) is 2. The van der Waals surface area contributed by atoms with Crippen molar-refractivity contribution < 1.29 is 0 Å². The monoisotopic (exact) mass is 402 g/mol. The summed E-state index contributed by atoms with van der Waals surface area (Å²) >= 11 is 0. The van der Waals surface area contributed by atoms with Gasteiger partial charge in [0.2, 0.25) is 5.95 Å². The molecular formula is C22H26N8. The van der Waals surface area contributed by atoms with Crippen LogP contribution in [-0.2, 0) is 13.0 Å². The van der Waals surface area contributed by atoms with Crippen LogP contribution < -0.4 is 5.32 Å². The van der Waals surface area contributed by atoms with Gasteiger partial charge in [0.15, 0.2) is 0 Å². The van der Waals surface area contributed by atoms with E-state index in [-0.39, 0.29) is 6.04 Å². The standard InChI is InChI=1S/C22H26N8/c1-2-3-6-21-26-14-18(27-21)15-30-11-4-5-20(30)19-9-10-24-22(29-19)28-17-8-7-16(12-23)25-13-17/h7-10,13-14,20H,2-6,11,15H2,1H3,(H,26,27)(H,24,28,29). The number of hydrogen-bond donors (Lipinski definition) is 2. The number of hydrogen-bond acceptors (Lipinski definition) is 7. The number of aryl methyl sites for hydroxylation is 1. The summed E-state index contributed by atoms with van der Waals surface area (Å²) in [4.78, 5) is 23.6. The minimum atomic E-state index is 0.259. The lowest BCUT2D eigenvalue weighted by Crippen LogP contribution is -2.24. The minimum absolute atomic E-state index is 0.259. The predicted octanol–water partition coefficient (Wildman–Crippen LogP) is 3.89. The second kappa shape index (κ2) is 9.46. The molecule has 3 aromatic heterocycles. The zero-order chi connectivity index (χ0) is 20.8. The lowest BCUT2D eigenvalue weighted by molar-refractivity contribution is 0.242. The quantitative estimate of drug-likeness (QED) is 0.589. The molecule has 3 aromatic rings. The molecule has 1 fully saturated rings. The van der Waals surface area contributed by atoms with Gasteiger partial charge in [-0.2, -0.15) is 5.26 Å². The topological polar surface area (TPSA) is 106 Å². The molecule has 0 aliphatic carbocycles. The first-order chi connectivity index (χ1) is 14.7. The maximum atomic E-state index is 8.88. The summed E-state index contributed by atoms with van der Waals surface area (Å²) in [5, 5.41) is 12.1.